The first-order chi connectivity index (χ1) is 33.7. The van der Waals surface area contributed by atoms with Crippen LogP contribution in [0.5, 0.6) is 23.0 Å². The van der Waals surface area contributed by atoms with Gasteiger partial charge in [0.05, 0.1) is 6.54 Å². The summed E-state index contributed by atoms with van der Waals surface area (Å²) in [5.41, 5.74) is 10.8. The topological polar surface area (TPSA) is 56.3 Å². The van der Waals surface area contributed by atoms with Crippen LogP contribution < -0.4 is 22.8 Å². The molecular weight excluding hydrogens is 913 g/mol. The molecule has 9 heteroatoms. The zero-order chi connectivity index (χ0) is 49.3. The molecule has 0 N–H and O–H groups in total. The van der Waals surface area contributed by atoms with Gasteiger partial charge in [-0.15, -0.1) is 0 Å². The molecule has 0 amide bonds. The minimum absolute atomic E-state index is 0.01000. The lowest BCUT2D eigenvalue weighted by molar-refractivity contribution is -0.0363. The third-order valence-corrected chi connectivity index (χ3v) is 22.2. The molecule has 3 aliphatic heterocycles. The summed E-state index contributed by atoms with van der Waals surface area (Å²) in [4.78, 5) is 4.91. The summed E-state index contributed by atoms with van der Waals surface area (Å²) in [6, 6.07) is 44.2. The summed E-state index contributed by atoms with van der Waals surface area (Å²) in [5, 5.41) is 0. The number of rotatable bonds is 6. The van der Waals surface area contributed by atoms with Crippen LogP contribution >= 0.6 is 17.1 Å². The van der Waals surface area contributed by atoms with E-state index in [1.807, 2.05) is 12.3 Å². The zero-order valence-electron chi connectivity index (χ0n) is 43.5. The molecule has 7 aliphatic rings. The van der Waals surface area contributed by atoms with E-state index < -0.39 is 17.1 Å². The van der Waals surface area contributed by atoms with E-state index in [0.29, 0.717) is 6.54 Å². The predicted molar refractivity (Wildman–Crippen MR) is 288 cm³/mol. The van der Waals surface area contributed by atoms with E-state index in [-0.39, 0.29) is 49.5 Å². The molecule has 13 rings (SSSR count). The maximum absolute atomic E-state index is 7.69. The van der Waals surface area contributed by atoms with Gasteiger partial charge in [-0.1, -0.05) is 133 Å². The van der Waals surface area contributed by atoms with Crippen LogP contribution in [0.3, 0.4) is 0 Å². The Labute approximate surface area is 424 Å². The smallest absolute Gasteiger partial charge is 0.418 e. The first-order valence-corrected chi connectivity index (χ1v) is 28.4. The number of anilines is 1. The Kier molecular flexibility index (Phi) is 9.75. The summed E-state index contributed by atoms with van der Waals surface area (Å²) in [5.74, 6) is 4.91. The molecule has 0 bridgehead atoms. The van der Waals surface area contributed by atoms with Crippen molar-refractivity contribution in [2.45, 2.75) is 165 Å². The lowest BCUT2D eigenvalue weighted by Crippen LogP contribution is -2.64. The highest BCUT2D eigenvalue weighted by molar-refractivity contribution is 7.50. The average Bonchev–Trinajstić information content (AvgIpc) is 3.89. The van der Waals surface area contributed by atoms with E-state index in [2.05, 4.69) is 201 Å². The Hall–Kier alpha value is -4.93. The number of hydrogen-bond donors (Lipinski definition) is 0. The molecule has 7 nitrogen and oxygen atoms in total. The largest absolute Gasteiger partial charge is 0.427 e. The maximum atomic E-state index is 7.69. The highest BCUT2D eigenvalue weighted by Crippen LogP contribution is 2.74. The molecule has 71 heavy (non-hydrogen) atoms. The van der Waals surface area contributed by atoms with Crippen LogP contribution in [0, 0.1) is 5.92 Å². The van der Waals surface area contributed by atoms with Crippen LogP contribution in [0.25, 0.3) is 0 Å². The van der Waals surface area contributed by atoms with Gasteiger partial charge in [-0.05, 0) is 158 Å². The van der Waals surface area contributed by atoms with Crippen molar-refractivity contribution in [3.63, 3.8) is 0 Å². The zero-order valence-corrected chi connectivity index (χ0v) is 45.3. The molecule has 1 saturated heterocycles. The van der Waals surface area contributed by atoms with E-state index in [4.69, 9.17) is 23.1 Å². The van der Waals surface area contributed by atoms with Crippen molar-refractivity contribution in [3.05, 3.63) is 178 Å². The van der Waals surface area contributed by atoms with E-state index >= 15 is 0 Å². The van der Waals surface area contributed by atoms with Crippen LogP contribution in [0.1, 0.15) is 165 Å². The second-order valence-electron chi connectivity index (χ2n) is 25.6. The average molecular weight is 982 g/mol. The van der Waals surface area contributed by atoms with Crippen molar-refractivity contribution in [2.24, 2.45) is 5.92 Å². The van der Waals surface area contributed by atoms with Crippen LogP contribution in [-0.2, 0) is 39.0 Å². The number of nitrogens with zero attached hydrogens (tertiary/aromatic N) is 3. The quantitative estimate of drug-likeness (QED) is 0.154. The molecule has 6 aromatic rings. The van der Waals surface area contributed by atoms with Crippen molar-refractivity contribution in [1.29, 1.82) is 0 Å². The van der Waals surface area contributed by atoms with Crippen LogP contribution in [0.15, 0.2) is 128 Å². The van der Waals surface area contributed by atoms with E-state index in [1.165, 1.54) is 50.1 Å². The normalized spacial score (nSPS) is 27.9. The fourth-order valence-electron chi connectivity index (χ4n) is 16.7. The third-order valence-electron chi connectivity index (χ3n) is 18.7. The molecular formula is C62H69N3O4P2. The molecule has 1 fully saturated rings. The van der Waals surface area contributed by atoms with E-state index in [9.17, 15) is 0 Å². The van der Waals surface area contributed by atoms with Crippen LogP contribution in [-0.4, -0.2) is 20.7 Å². The van der Waals surface area contributed by atoms with Crippen molar-refractivity contribution < 1.29 is 18.1 Å². The van der Waals surface area contributed by atoms with Gasteiger partial charge in [0.1, 0.15) is 28.8 Å². The Morgan fingerprint density at radius 1 is 0.521 bits per heavy atom. The number of benzene rings is 5. The number of piperidine rings is 1. The fraction of sp³-hybridized carbons (Fsp3) is 0.435. The van der Waals surface area contributed by atoms with Gasteiger partial charge in [0.2, 0.25) is 0 Å². The van der Waals surface area contributed by atoms with Crippen molar-refractivity contribution >= 4 is 22.9 Å². The fourth-order valence-corrected chi connectivity index (χ4v) is 20.1. The monoisotopic (exact) mass is 981 g/mol. The molecule has 0 radical (unpaired) electrons. The number of aromatic nitrogens is 1. The third kappa shape index (κ3) is 6.40. The summed E-state index contributed by atoms with van der Waals surface area (Å²) >= 11 is 0. The minimum atomic E-state index is -1.72. The highest BCUT2D eigenvalue weighted by Gasteiger charge is 2.67. The lowest BCUT2D eigenvalue weighted by Gasteiger charge is -2.60. The Morgan fingerprint density at radius 2 is 0.986 bits per heavy atom. The Bertz CT molecular complexity index is 3080. The Balaban J connectivity index is 0.960. The van der Waals surface area contributed by atoms with Crippen LogP contribution in [0.4, 0.5) is 5.82 Å². The number of pyridine rings is 1. The lowest BCUT2D eigenvalue weighted by atomic mass is 9.58. The molecule has 4 aliphatic carbocycles. The predicted octanol–water partition coefficient (Wildman–Crippen LogP) is 16.0. The van der Waals surface area contributed by atoms with Gasteiger partial charge in [-0.3, -0.25) is 4.67 Å². The standard InChI is InChI=1S/C62H69N3O4P2/c1-55(2)36-61-37-56(3,4)42-24-19-29-47(52(42)61)69-71(68-46-28-18-23-41(55)51(46)61)65-58(7,8)33-32-49(59(65,9)10)60(11)39-62-38-57(5,6)43-25-17-27-45(53(43)62)66-70(67-48-30-20-26-44(60)54(48)62)64(50-31-15-16-34-63-50)35-40-21-13-12-14-22-40/h12-31,34,49H,32-33,35-39H2,1-11H3/t49?,60?,61?,62-,70?/m0/s1. The van der Waals surface area contributed by atoms with Gasteiger partial charge in [0.25, 0.3) is 0 Å². The first kappa shape index (κ1) is 45.9. The molecule has 5 aromatic carbocycles. The van der Waals surface area contributed by atoms with Gasteiger partial charge >= 0.3 is 17.1 Å². The molecule has 2 spiro atoms. The second-order valence-corrected chi connectivity index (χ2v) is 28.2. The van der Waals surface area contributed by atoms with Crippen molar-refractivity contribution in [2.75, 3.05) is 4.67 Å². The van der Waals surface area contributed by atoms with Gasteiger partial charge in [-0.2, -0.15) is 0 Å². The molecule has 0 saturated carbocycles. The van der Waals surface area contributed by atoms with Crippen molar-refractivity contribution in [3.8, 4) is 23.0 Å². The molecule has 3 unspecified atom stereocenters. The maximum Gasteiger partial charge on any atom is 0.418 e. The minimum Gasteiger partial charge on any atom is -0.427 e. The summed E-state index contributed by atoms with van der Waals surface area (Å²) in [6.07, 6.45) is 7.94. The highest BCUT2D eigenvalue weighted by atomic mass is 31.2. The molecule has 4 atom stereocenters. The Morgan fingerprint density at radius 3 is 1.49 bits per heavy atom. The van der Waals surface area contributed by atoms with E-state index in [0.717, 1.165) is 67.3 Å². The molecule has 1 aromatic heterocycles. The van der Waals surface area contributed by atoms with Gasteiger partial charge in [0.15, 0.2) is 0 Å². The second kappa shape index (κ2) is 15.1. The van der Waals surface area contributed by atoms with E-state index in [1.54, 1.807) is 0 Å². The first-order valence-electron chi connectivity index (χ1n) is 26.1. The molecule has 366 valence electrons. The van der Waals surface area contributed by atoms with Crippen molar-refractivity contribution in [1.82, 2.24) is 9.65 Å². The van der Waals surface area contributed by atoms with Crippen LogP contribution in [0.2, 0.25) is 0 Å². The van der Waals surface area contributed by atoms with Gasteiger partial charge in [0, 0.05) is 50.4 Å². The summed E-state index contributed by atoms with van der Waals surface area (Å²) in [7, 11) is -3.36. The molecule has 4 heterocycles. The summed E-state index contributed by atoms with van der Waals surface area (Å²) in [6.45, 7) is 27.7. The summed E-state index contributed by atoms with van der Waals surface area (Å²) < 4.78 is 35.3. The van der Waals surface area contributed by atoms with Gasteiger partial charge < -0.3 is 18.1 Å². The van der Waals surface area contributed by atoms with Gasteiger partial charge in [-0.25, -0.2) is 9.65 Å². The SMILES string of the molecule is CC1(C)CC23CC(C)(C)c4cccc(c42)OP(N2C(C)(C)CCC(C4(C)C[C@@]56CC(C)(C)c7cccc(c75)OP(N(Cc5ccccc5)c5ccccn5)Oc5cccc4c56)C2(C)C)Oc2cccc1c23. The number of hydrogen-bond acceptors (Lipinski definition) is 7.